The van der Waals surface area contributed by atoms with E-state index in [9.17, 15) is 13.2 Å². The summed E-state index contributed by atoms with van der Waals surface area (Å²) in [5.41, 5.74) is 4.74. The Bertz CT molecular complexity index is 1520. The van der Waals surface area contributed by atoms with Gasteiger partial charge in [-0.3, -0.25) is 0 Å². The number of amides is 2. The van der Waals surface area contributed by atoms with Crippen LogP contribution >= 0.6 is 11.3 Å². The maximum absolute atomic E-state index is 13.2. The van der Waals surface area contributed by atoms with Gasteiger partial charge in [0.15, 0.2) is 0 Å². The summed E-state index contributed by atoms with van der Waals surface area (Å²) in [7, 11) is -3.61. The maximum Gasteiger partial charge on any atom is 0.321 e. The molecular formula is C30H32N4O3S2. The van der Waals surface area contributed by atoms with Crippen LogP contribution in [-0.2, 0) is 10.0 Å². The number of carbonyl (C=O) groups is 1. The Balaban J connectivity index is 1.19. The number of aromatic nitrogens is 1. The molecule has 202 valence electrons. The number of sulfonamides is 1. The molecule has 0 saturated carbocycles. The van der Waals surface area contributed by atoms with E-state index >= 15 is 0 Å². The van der Waals surface area contributed by atoms with Gasteiger partial charge in [0.05, 0.1) is 10.6 Å². The van der Waals surface area contributed by atoms with Crippen LogP contribution in [-0.4, -0.2) is 54.8 Å². The highest BCUT2D eigenvalue weighted by molar-refractivity contribution is 7.89. The van der Waals surface area contributed by atoms with E-state index in [1.54, 1.807) is 28.4 Å². The molecule has 2 amide bonds. The molecule has 1 fully saturated rings. The van der Waals surface area contributed by atoms with Crippen molar-refractivity contribution < 1.29 is 13.2 Å². The number of carbonyl (C=O) groups excluding carboxylic acids is 1. The summed E-state index contributed by atoms with van der Waals surface area (Å²) in [4.78, 5) is 19.7. The molecule has 7 nitrogen and oxygen atoms in total. The summed E-state index contributed by atoms with van der Waals surface area (Å²) in [5.74, 6) is 0.336. The summed E-state index contributed by atoms with van der Waals surface area (Å²) in [5, 5.41) is 5.95. The van der Waals surface area contributed by atoms with Crippen LogP contribution in [0.25, 0.3) is 21.8 Å². The number of anilines is 1. The van der Waals surface area contributed by atoms with Crippen LogP contribution in [0.5, 0.6) is 0 Å². The molecule has 0 atom stereocenters. The quantitative estimate of drug-likeness (QED) is 0.291. The molecule has 0 unspecified atom stereocenters. The fourth-order valence-electron chi connectivity index (χ4n) is 4.56. The van der Waals surface area contributed by atoms with Gasteiger partial charge in [0.2, 0.25) is 10.0 Å². The number of hydrogen-bond donors (Lipinski definition) is 1. The van der Waals surface area contributed by atoms with Crippen LogP contribution in [0.4, 0.5) is 10.5 Å². The number of nitrogens with zero attached hydrogens (tertiary/aromatic N) is 3. The molecule has 1 aromatic heterocycles. The van der Waals surface area contributed by atoms with Crippen LogP contribution in [0.1, 0.15) is 31.7 Å². The standard InChI is InChI=1S/C30H32N4O3S2/c1-22(2)23-11-15-27(16-12-23)39(36,37)34-18-6-17-33(19-20-34)30(35)31-26-13-9-24(10-14-26)28-21-38-29(32-28)25-7-4-3-5-8-25/h3-5,7-16,21-22H,6,17-20H2,1-2H3,(H,31,35). The minimum atomic E-state index is -3.61. The van der Waals surface area contributed by atoms with E-state index < -0.39 is 10.0 Å². The number of hydrogen-bond acceptors (Lipinski definition) is 5. The lowest BCUT2D eigenvalue weighted by Crippen LogP contribution is -2.39. The molecule has 5 rings (SSSR count). The van der Waals surface area contributed by atoms with E-state index in [1.807, 2.05) is 72.1 Å². The minimum Gasteiger partial charge on any atom is -0.323 e. The van der Waals surface area contributed by atoms with E-state index in [4.69, 9.17) is 4.98 Å². The Kier molecular flexibility index (Phi) is 8.11. The first kappa shape index (κ1) is 27.1. The Morgan fingerprint density at radius 3 is 2.28 bits per heavy atom. The zero-order valence-corrected chi connectivity index (χ0v) is 23.7. The summed E-state index contributed by atoms with van der Waals surface area (Å²) < 4.78 is 27.9. The molecule has 0 bridgehead atoms. The van der Waals surface area contributed by atoms with Crippen LogP contribution < -0.4 is 5.32 Å². The average Bonchev–Trinajstić information content (AvgIpc) is 3.31. The topological polar surface area (TPSA) is 82.6 Å². The number of thiazole rings is 1. The third-order valence-electron chi connectivity index (χ3n) is 6.88. The zero-order chi connectivity index (χ0) is 27.4. The number of benzene rings is 3. The molecule has 1 aliphatic heterocycles. The molecule has 4 aromatic rings. The van der Waals surface area contributed by atoms with Gasteiger partial charge < -0.3 is 10.2 Å². The zero-order valence-electron chi connectivity index (χ0n) is 22.1. The van der Waals surface area contributed by atoms with Crippen molar-refractivity contribution in [3.8, 4) is 21.8 Å². The summed E-state index contributed by atoms with van der Waals surface area (Å²) in [6.45, 7) is 5.61. The molecule has 1 saturated heterocycles. The first-order chi connectivity index (χ1) is 18.8. The molecular weight excluding hydrogens is 528 g/mol. The SMILES string of the molecule is CC(C)c1ccc(S(=O)(=O)N2CCCN(C(=O)Nc3ccc(-c4csc(-c5ccccc5)n4)cc3)CC2)cc1. The van der Waals surface area contributed by atoms with Gasteiger partial charge in [0, 0.05) is 48.4 Å². The lowest BCUT2D eigenvalue weighted by molar-refractivity contribution is 0.214. The van der Waals surface area contributed by atoms with Crippen molar-refractivity contribution in [3.05, 3.63) is 89.8 Å². The van der Waals surface area contributed by atoms with Crippen molar-refractivity contribution in [2.75, 3.05) is 31.5 Å². The van der Waals surface area contributed by atoms with E-state index in [2.05, 4.69) is 19.2 Å². The summed E-state index contributed by atoms with van der Waals surface area (Å²) in [6, 6.07) is 24.6. The molecule has 0 radical (unpaired) electrons. The van der Waals surface area contributed by atoms with Crippen molar-refractivity contribution in [2.24, 2.45) is 0 Å². The van der Waals surface area contributed by atoms with Gasteiger partial charge in [0.25, 0.3) is 0 Å². The number of nitrogens with one attached hydrogen (secondary N) is 1. The van der Waals surface area contributed by atoms with Gasteiger partial charge in [-0.1, -0.05) is 68.4 Å². The highest BCUT2D eigenvalue weighted by Crippen LogP contribution is 2.29. The van der Waals surface area contributed by atoms with Crippen LogP contribution in [0.2, 0.25) is 0 Å². The van der Waals surface area contributed by atoms with E-state index in [-0.39, 0.29) is 12.6 Å². The number of rotatable bonds is 6. The Morgan fingerprint density at radius 2 is 1.59 bits per heavy atom. The molecule has 1 N–H and O–H groups in total. The third kappa shape index (κ3) is 6.21. The Hall–Kier alpha value is -3.53. The van der Waals surface area contributed by atoms with Crippen molar-refractivity contribution in [2.45, 2.75) is 31.1 Å². The van der Waals surface area contributed by atoms with Crippen LogP contribution in [0.15, 0.2) is 89.1 Å². The highest BCUT2D eigenvalue weighted by atomic mass is 32.2. The van der Waals surface area contributed by atoms with Gasteiger partial charge >= 0.3 is 6.03 Å². The normalized spacial score (nSPS) is 14.8. The smallest absolute Gasteiger partial charge is 0.321 e. The predicted molar refractivity (Wildman–Crippen MR) is 157 cm³/mol. The molecule has 2 heterocycles. The Morgan fingerprint density at radius 1 is 0.872 bits per heavy atom. The maximum atomic E-state index is 13.2. The molecule has 39 heavy (non-hydrogen) atoms. The van der Waals surface area contributed by atoms with Crippen molar-refractivity contribution in [1.82, 2.24) is 14.2 Å². The molecule has 3 aromatic carbocycles. The minimum absolute atomic E-state index is 0.233. The fraction of sp³-hybridized carbons (Fsp3) is 0.267. The lowest BCUT2D eigenvalue weighted by Gasteiger charge is -2.22. The second kappa shape index (κ2) is 11.7. The van der Waals surface area contributed by atoms with E-state index in [1.165, 1.54) is 4.31 Å². The van der Waals surface area contributed by atoms with Gasteiger partial charge in [-0.2, -0.15) is 4.31 Å². The average molecular weight is 561 g/mol. The third-order valence-corrected chi connectivity index (χ3v) is 9.69. The predicted octanol–water partition coefficient (Wildman–Crippen LogP) is 6.53. The largest absolute Gasteiger partial charge is 0.323 e. The van der Waals surface area contributed by atoms with E-state index in [0.717, 1.165) is 27.4 Å². The number of urea groups is 1. The molecule has 0 spiro atoms. The summed E-state index contributed by atoms with van der Waals surface area (Å²) in [6.07, 6.45) is 0.573. The first-order valence-electron chi connectivity index (χ1n) is 13.1. The van der Waals surface area contributed by atoms with Crippen molar-refractivity contribution in [1.29, 1.82) is 0 Å². The fourth-order valence-corrected chi connectivity index (χ4v) is 6.86. The first-order valence-corrected chi connectivity index (χ1v) is 15.4. The highest BCUT2D eigenvalue weighted by Gasteiger charge is 2.28. The van der Waals surface area contributed by atoms with E-state index in [0.29, 0.717) is 42.6 Å². The Labute approximate surface area is 234 Å². The monoisotopic (exact) mass is 560 g/mol. The molecule has 9 heteroatoms. The second-order valence-corrected chi connectivity index (χ2v) is 12.7. The van der Waals surface area contributed by atoms with Crippen LogP contribution in [0.3, 0.4) is 0 Å². The lowest BCUT2D eigenvalue weighted by atomic mass is 10.0. The van der Waals surface area contributed by atoms with Crippen LogP contribution in [0, 0.1) is 0 Å². The summed E-state index contributed by atoms with van der Waals surface area (Å²) >= 11 is 1.60. The van der Waals surface area contributed by atoms with Crippen molar-refractivity contribution in [3.63, 3.8) is 0 Å². The second-order valence-electron chi connectivity index (χ2n) is 9.88. The van der Waals surface area contributed by atoms with Gasteiger partial charge in [-0.25, -0.2) is 18.2 Å². The molecule has 0 aliphatic carbocycles. The van der Waals surface area contributed by atoms with Gasteiger partial charge in [-0.15, -0.1) is 11.3 Å². The van der Waals surface area contributed by atoms with Crippen molar-refractivity contribution >= 4 is 33.1 Å². The van der Waals surface area contributed by atoms with Gasteiger partial charge in [0.1, 0.15) is 5.01 Å². The van der Waals surface area contributed by atoms with Gasteiger partial charge in [-0.05, 0) is 42.2 Å². The molecule has 1 aliphatic rings.